The van der Waals surface area contributed by atoms with E-state index in [-0.39, 0.29) is 36.5 Å². The van der Waals surface area contributed by atoms with Gasteiger partial charge in [0.2, 0.25) is 0 Å². The van der Waals surface area contributed by atoms with Crippen molar-refractivity contribution in [2.24, 2.45) is 11.3 Å². The number of carbonyl (C=O) groups excluding carboxylic acids is 1. The molecule has 8 rings (SSSR count). The van der Waals surface area contributed by atoms with E-state index in [4.69, 9.17) is 14.7 Å². The molecule has 1 amide bonds. The first-order valence-electron chi connectivity index (χ1n) is 16.6. The van der Waals surface area contributed by atoms with Gasteiger partial charge in [0.1, 0.15) is 11.3 Å². The van der Waals surface area contributed by atoms with Crippen molar-refractivity contribution in [3.8, 4) is 23.2 Å². The van der Waals surface area contributed by atoms with Gasteiger partial charge in [0.15, 0.2) is 11.6 Å². The van der Waals surface area contributed by atoms with Gasteiger partial charge in [-0.3, -0.25) is 4.79 Å². The van der Waals surface area contributed by atoms with Crippen molar-refractivity contribution in [2.45, 2.75) is 56.9 Å². The second-order valence-electron chi connectivity index (χ2n) is 14.0. The molecule has 2 saturated heterocycles. The number of ether oxygens (including phenoxy) is 1. The first kappa shape index (κ1) is 29.3. The zero-order chi connectivity index (χ0) is 31.6. The number of hydrogen-bond acceptors (Lipinski definition) is 7. The number of anilines is 1. The van der Waals surface area contributed by atoms with E-state index in [1.165, 1.54) is 28.9 Å². The molecule has 0 radical (unpaired) electrons. The maximum atomic E-state index is 16.8. The van der Waals surface area contributed by atoms with E-state index in [2.05, 4.69) is 23.6 Å². The molecule has 3 aromatic rings. The minimum Gasteiger partial charge on any atom is -0.463 e. The molecule has 0 N–H and O–H groups in total. The van der Waals surface area contributed by atoms with E-state index in [9.17, 15) is 14.4 Å². The Kier molecular flexibility index (Phi) is 7.20. The highest BCUT2D eigenvalue weighted by Crippen LogP contribution is 2.59. The molecule has 5 aliphatic rings. The number of piperazine rings is 1. The average molecular weight is 625 g/mol. The van der Waals surface area contributed by atoms with Crippen LogP contribution in [0.15, 0.2) is 42.7 Å². The standard InChI is InChI=1S/C36H38F2N6O2/c1-22(37)34(45)44-16-15-43(19-25(44)9-12-39)33-28-8-7-27(26-6-4-5-23-17-24-18-29(24)30(23)26)31(38)32(28)40-35(41-33)46-21-36(10-11-36)20-42-13-2-3-14-42/h4-8,24-25,29H,1-3,9-11,13-21H2/t24-,25-,29+/m0/s1. The molecule has 10 heteroatoms. The van der Waals surface area contributed by atoms with Gasteiger partial charge >= 0.3 is 6.01 Å². The van der Waals surface area contributed by atoms with Gasteiger partial charge in [-0.05, 0) is 86.2 Å². The highest BCUT2D eigenvalue weighted by molar-refractivity contribution is 5.95. The van der Waals surface area contributed by atoms with E-state index in [0.29, 0.717) is 41.8 Å². The number of aromatic nitrogens is 2. The third kappa shape index (κ3) is 5.19. The number of halogens is 2. The van der Waals surface area contributed by atoms with Crippen molar-refractivity contribution in [3.05, 3.63) is 59.7 Å². The molecule has 3 atom stereocenters. The van der Waals surface area contributed by atoms with Crippen molar-refractivity contribution in [1.29, 1.82) is 5.26 Å². The van der Waals surface area contributed by atoms with E-state index >= 15 is 4.39 Å². The van der Waals surface area contributed by atoms with Crippen molar-refractivity contribution >= 4 is 22.6 Å². The van der Waals surface area contributed by atoms with Crippen LogP contribution in [0.5, 0.6) is 6.01 Å². The molecule has 3 aliphatic carbocycles. The predicted molar refractivity (Wildman–Crippen MR) is 171 cm³/mol. The van der Waals surface area contributed by atoms with Gasteiger partial charge in [-0.25, -0.2) is 8.78 Å². The van der Waals surface area contributed by atoms with Crippen LogP contribution in [-0.4, -0.2) is 77.6 Å². The molecule has 8 nitrogen and oxygen atoms in total. The molecule has 0 unspecified atom stereocenters. The molecule has 238 valence electrons. The van der Waals surface area contributed by atoms with Gasteiger partial charge in [0, 0.05) is 42.5 Å². The van der Waals surface area contributed by atoms with Crippen LogP contribution in [0.25, 0.3) is 22.0 Å². The molecule has 0 bridgehead atoms. The highest BCUT2D eigenvalue weighted by Gasteiger charge is 2.47. The largest absolute Gasteiger partial charge is 0.463 e. The van der Waals surface area contributed by atoms with Gasteiger partial charge in [-0.2, -0.15) is 15.2 Å². The number of amides is 1. The van der Waals surface area contributed by atoms with E-state index < -0.39 is 23.6 Å². The molecule has 0 spiro atoms. The number of hydrogen-bond donors (Lipinski definition) is 0. The molecule has 2 aliphatic heterocycles. The lowest BCUT2D eigenvalue weighted by atomic mass is 9.93. The number of carbonyl (C=O) groups is 1. The Morgan fingerprint density at radius 3 is 2.70 bits per heavy atom. The lowest BCUT2D eigenvalue weighted by Crippen LogP contribution is -2.55. The normalized spacial score (nSPS) is 24.4. The number of likely N-dealkylation sites (tertiary alicyclic amines) is 1. The number of nitrogens with zero attached hydrogens (tertiary/aromatic N) is 6. The molecular formula is C36H38F2N6O2. The van der Waals surface area contributed by atoms with Crippen LogP contribution in [0.3, 0.4) is 0 Å². The summed E-state index contributed by atoms with van der Waals surface area (Å²) in [5, 5.41) is 10.1. The summed E-state index contributed by atoms with van der Waals surface area (Å²) in [7, 11) is 0. The number of benzene rings is 2. The molecule has 4 fully saturated rings. The van der Waals surface area contributed by atoms with Crippen LogP contribution >= 0.6 is 0 Å². The monoisotopic (exact) mass is 624 g/mol. The molecule has 3 heterocycles. The third-order valence-electron chi connectivity index (χ3n) is 10.9. The Balaban J connectivity index is 1.17. The summed E-state index contributed by atoms with van der Waals surface area (Å²) in [6, 6.07) is 11.6. The lowest BCUT2D eigenvalue weighted by Gasteiger charge is -2.41. The van der Waals surface area contributed by atoms with Gasteiger partial charge in [0.05, 0.1) is 25.1 Å². The SMILES string of the molecule is C=C(F)C(=O)N1CCN(c2nc(OCC3(CN4CCCC4)CC3)nc3c(F)c(-c4cccc5c4[C@@H]4C[C@@H]4C5)ccc23)C[C@@H]1CC#N. The summed E-state index contributed by atoms with van der Waals surface area (Å²) >= 11 is 0. The van der Waals surface area contributed by atoms with Gasteiger partial charge in [0.25, 0.3) is 5.91 Å². The van der Waals surface area contributed by atoms with Crippen LogP contribution in [0, 0.1) is 28.5 Å². The van der Waals surface area contributed by atoms with Crippen molar-refractivity contribution in [3.63, 3.8) is 0 Å². The van der Waals surface area contributed by atoms with Crippen LogP contribution in [0.2, 0.25) is 0 Å². The van der Waals surface area contributed by atoms with Crippen molar-refractivity contribution < 1.29 is 18.3 Å². The Hall–Kier alpha value is -4.10. The van der Waals surface area contributed by atoms with Gasteiger partial charge < -0.3 is 19.4 Å². The van der Waals surface area contributed by atoms with Crippen LogP contribution in [0.4, 0.5) is 14.6 Å². The van der Waals surface area contributed by atoms with Gasteiger partial charge in [-0.15, -0.1) is 0 Å². The summed E-state index contributed by atoms with van der Waals surface area (Å²) in [5.41, 5.74) is 4.29. The molecule has 46 heavy (non-hydrogen) atoms. The first-order chi connectivity index (χ1) is 22.3. The summed E-state index contributed by atoms with van der Waals surface area (Å²) in [5.74, 6) is -0.606. The Morgan fingerprint density at radius 1 is 1.11 bits per heavy atom. The predicted octanol–water partition coefficient (Wildman–Crippen LogP) is 5.76. The first-order valence-corrected chi connectivity index (χ1v) is 16.6. The van der Waals surface area contributed by atoms with Crippen LogP contribution in [-0.2, 0) is 11.2 Å². The second-order valence-corrected chi connectivity index (χ2v) is 14.0. The molecular weight excluding hydrogens is 586 g/mol. The fourth-order valence-corrected chi connectivity index (χ4v) is 8.12. The highest BCUT2D eigenvalue weighted by atomic mass is 19.1. The quantitative estimate of drug-likeness (QED) is 0.280. The maximum Gasteiger partial charge on any atom is 0.319 e. The summed E-state index contributed by atoms with van der Waals surface area (Å²) in [4.78, 5) is 27.9. The van der Waals surface area contributed by atoms with Crippen molar-refractivity contribution in [1.82, 2.24) is 19.8 Å². The van der Waals surface area contributed by atoms with Crippen LogP contribution < -0.4 is 9.64 Å². The zero-order valence-corrected chi connectivity index (χ0v) is 26.0. The number of rotatable bonds is 9. The maximum absolute atomic E-state index is 16.8. The fourth-order valence-electron chi connectivity index (χ4n) is 8.12. The summed E-state index contributed by atoms with van der Waals surface area (Å²) < 4.78 is 37.0. The van der Waals surface area contributed by atoms with Crippen LogP contribution in [0.1, 0.15) is 55.6 Å². The average Bonchev–Trinajstić information content (AvgIpc) is 3.90. The fraction of sp³-hybridized carbons (Fsp3) is 0.500. The smallest absolute Gasteiger partial charge is 0.319 e. The zero-order valence-electron chi connectivity index (χ0n) is 26.0. The Bertz CT molecular complexity index is 1780. The molecule has 1 aromatic heterocycles. The Labute approximate surface area is 267 Å². The summed E-state index contributed by atoms with van der Waals surface area (Å²) in [6.45, 7) is 7.58. The third-order valence-corrected chi connectivity index (χ3v) is 10.9. The van der Waals surface area contributed by atoms with E-state index in [1.54, 1.807) is 0 Å². The number of nitriles is 1. The number of fused-ring (bicyclic) bond motifs is 4. The molecule has 2 saturated carbocycles. The van der Waals surface area contributed by atoms with Crippen molar-refractivity contribution in [2.75, 3.05) is 50.8 Å². The summed E-state index contributed by atoms with van der Waals surface area (Å²) in [6.07, 6.45) is 6.85. The topological polar surface area (TPSA) is 85.6 Å². The van der Waals surface area contributed by atoms with E-state index in [0.717, 1.165) is 50.9 Å². The minimum atomic E-state index is -1.05. The Morgan fingerprint density at radius 2 is 1.93 bits per heavy atom. The lowest BCUT2D eigenvalue weighted by molar-refractivity contribution is -0.131. The minimum absolute atomic E-state index is 0.0146. The molecule has 2 aromatic carbocycles. The van der Waals surface area contributed by atoms with E-state index in [1.807, 2.05) is 29.2 Å². The van der Waals surface area contributed by atoms with Gasteiger partial charge in [-0.1, -0.05) is 30.8 Å². The second kappa shape index (κ2) is 11.3.